The Balaban J connectivity index is 1.69. The highest BCUT2D eigenvalue weighted by atomic mass is 35.5. The van der Waals surface area contributed by atoms with E-state index in [1.165, 1.54) is 12.5 Å². The molecule has 0 spiro atoms. The number of carbonyl (C=O) groups is 1. The second-order valence-electron chi connectivity index (χ2n) is 10.0. The summed E-state index contributed by atoms with van der Waals surface area (Å²) >= 11 is 6.29. The van der Waals surface area contributed by atoms with Crippen molar-refractivity contribution in [3.05, 3.63) is 113 Å². The number of aromatic nitrogens is 6. The number of fused-ring (bicyclic) bond motifs is 3. The molecule has 0 aliphatic rings. The number of nitrogens with one attached hydrogen (secondary N) is 1. The van der Waals surface area contributed by atoms with Gasteiger partial charge in [0.05, 0.1) is 23.7 Å². The highest BCUT2D eigenvalue weighted by molar-refractivity contribution is 6.30. The van der Waals surface area contributed by atoms with E-state index in [0.29, 0.717) is 10.7 Å². The number of aryl methyl sites for hydroxylation is 2. The minimum Gasteiger partial charge on any atom is -0.337 e. The first-order valence-electron chi connectivity index (χ1n) is 13.2. The van der Waals surface area contributed by atoms with Gasteiger partial charge in [-0.1, -0.05) is 67.4 Å². The molecule has 6 aromatic rings. The Morgan fingerprint density at radius 2 is 1.82 bits per heavy atom. The van der Waals surface area contributed by atoms with Crippen LogP contribution in [0.1, 0.15) is 42.7 Å². The lowest BCUT2D eigenvalue weighted by Crippen LogP contribution is -2.48. The van der Waals surface area contributed by atoms with Crippen molar-refractivity contribution in [3.8, 4) is 11.1 Å². The van der Waals surface area contributed by atoms with Gasteiger partial charge >= 0.3 is 0 Å². The number of hydrogen-bond acceptors (Lipinski definition) is 5. The minimum absolute atomic E-state index is 0.181. The second kappa shape index (κ2) is 10.2. The molecular formula is C31H28ClN7O. The third-order valence-electron chi connectivity index (χ3n) is 7.33. The topological polar surface area (TPSA) is 90.0 Å². The van der Waals surface area contributed by atoms with Crippen LogP contribution in [0.15, 0.2) is 85.3 Å². The van der Waals surface area contributed by atoms with Crippen molar-refractivity contribution >= 4 is 34.1 Å². The van der Waals surface area contributed by atoms with Gasteiger partial charge in [0.25, 0.3) is 0 Å². The Morgan fingerprint density at radius 1 is 1.02 bits per heavy atom. The first-order valence-corrected chi connectivity index (χ1v) is 13.5. The number of pyridine rings is 1. The largest absolute Gasteiger partial charge is 0.337 e. The predicted octanol–water partition coefficient (Wildman–Crippen LogP) is 5.71. The maximum atomic E-state index is 12.9. The van der Waals surface area contributed by atoms with E-state index in [1.807, 2.05) is 54.1 Å². The Kier molecular flexibility index (Phi) is 6.56. The summed E-state index contributed by atoms with van der Waals surface area (Å²) in [6.07, 6.45) is 5.58. The third-order valence-corrected chi connectivity index (χ3v) is 7.59. The number of halogens is 1. The van der Waals surface area contributed by atoms with Crippen molar-refractivity contribution < 1.29 is 4.79 Å². The van der Waals surface area contributed by atoms with Crippen molar-refractivity contribution in [2.75, 3.05) is 0 Å². The summed E-state index contributed by atoms with van der Waals surface area (Å²) < 4.78 is 3.67. The van der Waals surface area contributed by atoms with Crippen molar-refractivity contribution in [1.82, 2.24) is 34.9 Å². The van der Waals surface area contributed by atoms with Crippen LogP contribution in [0.5, 0.6) is 0 Å². The number of nitrogens with zero attached hydrogens (tertiary/aromatic N) is 6. The Bertz CT molecular complexity index is 1860. The van der Waals surface area contributed by atoms with Gasteiger partial charge in [-0.3, -0.25) is 4.79 Å². The van der Waals surface area contributed by atoms with E-state index in [4.69, 9.17) is 11.6 Å². The number of benzene rings is 3. The molecule has 3 heterocycles. The molecule has 0 saturated heterocycles. The molecule has 40 heavy (non-hydrogen) atoms. The summed E-state index contributed by atoms with van der Waals surface area (Å²) in [4.78, 5) is 17.3. The van der Waals surface area contributed by atoms with Gasteiger partial charge in [-0.2, -0.15) is 4.52 Å². The molecule has 6 rings (SSSR count). The first kappa shape index (κ1) is 25.7. The summed E-state index contributed by atoms with van der Waals surface area (Å²) in [6, 6.07) is 24.3. The van der Waals surface area contributed by atoms with E-state index < -0.39 is 5.54 Å². The maximum absolute atomic E-state index is 12.9. The quantitative estimate of drug-likeness (QED) is 0.275. The van der Waals surface area contributed by atoms with Crippen molar-refractivity contribution in [3.63, 3.8) is 0 Å². The normalized spacial score (nSPS) is 13.0. The average molecular weight is 550 g/mol. The van der Waals surface area contributed by atoms with Crippen LogP contribution >= 0.6 is 11.6 Å². The molecule has 9 heteroatoms. The number of imidazole rings is 1. The van der Waals surface area contributed by atoms with Gasteiger partial charge in [0.15, 0.2) is 5.65 Å². The van der Waals surface area contributed by atoms with Crippen LogP contribution in [-0.2, 0) is 23.8 Å². The molecular weight excluding hydrogens is 522 g/mol. The highest BCUT2D eigenvalue weighted by Crippen LogP contribution is 2.40. The fourth-order valence-corrected chi connectivity index (χ4v) is 5.73. The molecule has 0 saturated carbocycles. The van der Waals surface area contributed by atoms with Crippen molar-refractivity contribution in [2.24, 2.45) is 7.05 Å². The molecule has 0 radical (unpaired) electrons. The number of rotatable bonds is 7. The van der Waals surface area contributed by atoms with E-state index in [1.54, 1.807) is 17.0 Å². The molecule has 8 nitrogen and oxygen atoms in total. The summed E-state index contributed by atoms with van der Waals surface area (Å²) in [6.45, 7) is 3.70. The van der Waals surface area contributed by atoms with Crippen LogP contribution in [0.25, 0.3) is 27.7 Å². The van der Waals surface area contributed by atoms with E-state index in [0.717, 1.165) is 51.7 Å². The fraction of sp³-hybridized carbons (Fsp3) is 0.194. The fourth-order valence-electron chi connectivity index (χ4n) is 5.61. The molecule has 1 atom stereocenters. The lowest BCUT2D eigenvalue weighted by molar-refractivity contribution is -0.120. The molecule has 3 aromatic carbocycles. The number of carbonyl (C=O) groups excluding carboxylic acids is 1. The van der Waals surface area contributed by atoms with Gasteiger partial charge < -0.3 is 9.88 Å². The molecule has 3 aromatic heterocycles. The van der Waals surface area contributed by atoms with Gasteiger partial charge in [-0.05, 0) is 75.0 Å². The monoisotopic (exact) mass is 549 g/mol. The first-order chi connectivity index (χ1) is 19.4. The standard InChI is InChI=1S/C31H28ClN7O/c1-4-6-21-7-5-8-22(15-21)26-17-30-35-36-37-39(30)28-14-11-24(16-27(26)28)31(34-20(2)40,29-18-33-19-38(29)3)23-9-12-25(32)13-10-23/h5,7-19H,4,6H2,1-3H3,(H,34,40). The summed E-state index contributed by atoms with van der Waals surface area (Å²) in [5, 5.41) is 17.3. The van der Waals surface area contributed by atoms with Crippen LogP contribution in [-0.4, -0.2) is 35.5 Å². The van der Waals surface area contributed by atoms with E-state index in [-0.39, 0.29) is 5.91 Å². The highest BCUT2D eigenvalue weighted by Gasteiger charge is 2.40. The number of amides is 1. The average Bonchev–Trinajstić information content (AvgIpc) is 3.61. The Morgan fingerprint density at radius 3 is 2.55 bits per heavy atom. The van der Waals surface area contributed by atoms with Crippen LogP contribution in [0.3, 0.4) is 0 Å². The summed E-state index contributed by atoms with van der Waals surface area (Å²) in [5.41, 5.74) is 6.35. The van der Waals surface area contributed by atoms with E-state index in [2.05, 4.69) is 63.1 Å². The van der Waals surface area contributed by atoms with E-state index >= 15 is 0 Å². The van der Waals surface area contributed by atoms with Crippen molar-refractivity contribution in [1.29, 1.82) is 0 Å². The molecule has 1 amide bonds. The summed E-state index contributed by atoms with van der Waals surface area (Å²) in [5.74, 6) is -0.181. The third kappa shape index (κ3) is 4.30. The van der Waals surface area contributed by atoms with Crippen molar-refractivity contribution in [2.45, 2.75) is 32.2 Å². The van der Waals surface area contributed by atoms with Crippen LogP contribution in [0.2, 0.25) is 5.02 Å². The lowest BCUT2D eigenvalue weighted by atomic mass is 9.79. The van der Waals surface area contributed by atoms with Crippen LogP contribution in [0.4, 0.5) is 0 Å². The Hall–Kier alpha value is -4.56. The van der Waals surface area contributed by atoms with Gasteiger partial charge in [0, 0.05) is 24.4 Å². The van der Waals surface area contributed by atoms with Gasteiger partial charge in [-0.25, -0.2) is 4.98 Å². The summed E-state index contributed by atoms with van der Waals surface area (Å²) in [7, 11) is 1.92. The van der Waals surface area contributed by atoms with Crippen LogP contribution in [0, 0.1) is 0 Å². The molecule has 0 fully saturated rings. The lowest BCUT2D eigenvalue weighted by Gasteiger charge is -2.36. The Labute approximate surface area is 236 Å². The number of tetrazole rings is 1. The van der Waals surface area contributed by atoms with Gasteiger partial charge in [0.1, 0.15) is 5.54 Å². The van der Waals surface area contributed by atoms with Gasteiger partial charge in [-0.15, -0.1) is 5.10 Å². The smallest absolute Gasteiger partial charge is 0.218 e. The second-order valence-corrected chi connectivity index (χ2v) is 10.5. The zero-order valence-corrected chi connectivity index (χ0v) is 23.2. The SMILES string of the molecule is CCCc1cccc(-c2cc3nnnn3c3ccc(C(NC(C)=O)(c4ccc(Cl)cc4)c4cncn4C)cc23)c1. The molecule has 0 bridgehead atoms. The molecule has 1 N–H and O–H groups in total. The molecule has 0 aliphatic heterocycles. The molecule has 1 unspecified atom stereocenters. The predicted molar refractivity (Wildman–Crippen MR) is 156 cm³/mol. The van der Waals surface area contributed by atoms with Gasteiger partial charge in [0.2, 0.25) is 5.91 Å². The van der Waals surface area contributed by atoms with Crippen LogP contribution < -0.4 is 5.32 Å². The zero-order chi connectivity index (χ0) is 27.9. The molecule has 0 aliphatic carbocycles. The van der Waals surface area contributed by atoms with E-state index in [9.17, 15) is 4.79 Å². The maximum Gasteiger partial charge on any atom is 0.218 e. The minimum atomic E-state index is -1.05. The zero-order valence-electron chi connectivity index (χ0n) is 22.5. The number of hydrogen-bond donors (Lipinski definition) is 1. The molecule has 200 valence electrons.